The van der Waals surface area contributed by atoms with E-state index in [0.29, 0.717) is 6.54 Å². The molecule has 2 aromatic heterocycles. The molecule has 1 saturated heterocycles. The van der Waals surface area contributed by atoms with Crippen molar-refractivity contribution in [3.05, 3.63) is 66.1 Å². The van der Waals surface area contributed by atoms with Crippen molar-refractivity contribution < 1.29 is 9.53 Å². The molecule has 1 N–H and O–H groups in total. The van der Waals surface area contributed by atoms with E-state index in [1.807, 2.05) is 69.7 Å². The largest absolute Gasteiger partial charge is 0.444 e. The smallest absolute Gasteiger partial charge is 0.407 e. The van der Waals surface area contributed by atoms with Crippen molar-refractivity contribution in [3.63, 3.8) is 0 Å². The number of pyridine rings is 1. The van der Waals surface area contributed by atoms with Gasteiger partial charge in [0.25, 0.3) is 0 Å². The fraction of sp³-hybridized carbons (Fsp3) is 0.385. The zero-order chi connectivity index (χ0) is 24.1. The Balaban J connectivity index is 1.35. The molecule has 1 amide bonds. The summed E-state index contributed by atoms with van der Waals surface area (Å²) >= 11 is 0. The first-order chi connectivity index (χ1) is 16.3. The minimum Gasteiger partial charge on any atom is -0.444 e. The highest BCUT2D eigenvalue weighted by Gasteiger charge is 2.21. The lowest BCUT2D eigenvalue weighted by molar-refractivity contribution is 0.0523. The Labute approximate surface area is 201 Å². The van der Waals surface area contributed by atoms with Crippen LogP contribution in [0.1, 0.15) is 31.9 Å². The summed E-state index contributed by atoms with van der Waals surface area (Å²) in [5.41, 5.74) is 3.60. The Morgan fingerprint density at radius 3 is 2.35 bits per heavy atom. The first kappa shape index (κ1) is 23.5. The van der Waals surface area contributed by atoms with Crippen LogP contribution in [0.3, 0.4) is 0 Å². The zero-order valence-electron chi connectivity index (χ0n) is 20.3. The summed E-state index contributed by atoms with van der Waals surface area (Å²) in [6, 6.07) is 12.1. The summed E-state index contributed by atoms with van der Waals surface area (Å²) in [6.45, 7) is 11.5. The Bertz CT molecular complexity index is 1120. The summed E-state index contributed by atoms with van der Waals surface area (Å²) in [6.07, 6.45) is 5.14. The fourth-order valence-corrected chi connectivity index (χ4v) is 3.91. The third-order valence-corrected chi connectivity index (χ3v) is 5.58. The van der Waals surface area contributed by atoms with Gasteiger partial charge >= 0.3 is 6.09 Å². The van der Waals surface area contributed by atoms with E-state index in [-0.39, 0.29) is 0 Å². The number of hydrogen-bond donors (Lipinski definition) is 1. The average Bonchev–Trinajstić information content (AvgIpc) is 2.83. The van der Waals surface area contributed by atoms with Crippen LogP contribution in [-0.2, 0) is 11.3 Å². The molecule has 0 unspecified atom stereocenters. The van der Waals surface area contributed by atoms with Gasteiger partial charge in [0.15, 0.2) is 0 Å². The van der Waals surface area contributed by atoms with Gasteiger partial charge in [-0.2, -0.15) is 0 Å². The van der Waals surface area contributed by atoms with Crippen LogP contribution in [0.25, 0.3) is 11.1 Å². The molecule has 8 heteroatoms. The number of hydrogen-bond acceptors (Lipinski definition) is 7. The van der Waals surface area contributed by atoms with Gasteiger partial charge in [-0.25, -0.2) is 19.7 Å². The first-order valence-corrected chi connectivity index (χ1v) is 11.6. The number of ether oxygens (including phenoxy) is 1. The number of anilines is 2. The lowest BCUT2D eigenvalue weighted by atomic mass is 10.1. The van der Waals surface area contributed by atoms with Gasteiger partial charge in [-0.3, -0.25) is 0 Å². The highest BCUT2D eigenvalue weighted by molar-refractivity contribution is 5.68. The second-order valence-electron chi connectivity index (χ2n) is 9.45. The SMILES string of the molecule is Cc1cccnc1N1CCN(c2ncc(-c3cccc(CNC(=O)OC(C)(C)C)c3)cn2)CC1. The van der Waals surface area contributed by atoms with E-state index in [1.165, 1.54) is 5.56 Å². The molecule has 0 spiro atoms. The Morgan fingerprint density at radius 2 is 1.68 bits per heavy atom. The summed E-state index contributed by atoms with van der Waals surface area (Å²) in [7, 11) is 0. The molecule has 0 radical (unpaired) electrons. The monoisotopic (exact) mass is 460 g/mol. The molecule has 3 aromatic rings. The second kappa shape index (κ2) is 10.1. The topological polar surface area (TPSA) is 83.5 Å². The summed E-state index contributed by atoms with van der Waals surface area (Å²) in [5, 5.41) is 2.80. The molecule has 0 bridgehead atoms. The normalized spacial score (nSPS) is 14.1. The molecule has 178 valence electrons. The quantitative estimate of drug-likeness (QED) is 0.611. The van der Waals surface area contributed by atoms with E-state index in [2.05, 4.69) is 43.1 Å². The van der Waals surface area contributed by atoms with Crippen molar-refractivity contribution >= 4 is 17.9 Å². The molecule has 1 aliphatic heterocycles. The Morgan fingerprint density at radius 1 is 0.971 bits per heavy atom. The van der Waals surface area contributed by atoms with Crippen LogP contribution in [0.2, 0.25) is 0 Å². The first-order valence-electron chi connectivity index (χ1n) is 11.6. The van der Waals surface area contributed by atoms with Crippen LogP contribution in [-0.4, -0.2) is 52.8 Å². The van der Waals surface area contributed by atoms with Gasteiger partial charge in [0, 0.05) is 56.9 Å². The lowest BCUT2D eigenvalue weighted by Crippen LogP contribution is -2.47. The van der Waals surface area contributed by atoms with Crippen LogP contribution in [0.15, 0.2) is 55.0 Å². The number of benzene rings is 1. The third-order valence-electron chi connectivity index (χ3n) is 5.58. The van der Waals surface area contributed by atoms with Crippen molar-refractivity contribution in [2.45, 2.75) is 39.8 Å². The number of aromatic nitrogens is 3. The van der Waals surface area contributed by atoms with E-state index in [4.69, 9.17) is 4.74 Å². The zero-order valence-corrected chi connectivity index (χ0v) is 20.3. The van der Waals surface area contributed by atoms with Crippen LogP contribution < -0.4 is 15.1 Å². The van der Waals surface area contributed by atoms with Crippen molar-refractivity contribution in [3.8, 4) is 11.1 Å². The molecule has 8 nitrogen and oxygen atoms in total. The second-order valence-corrected chi connectivity index (χ2v) is 9.45. The number of nitrogens with zero attached hydrogens (tertiary/aromatic N) is 5. The number of amides is 1. The molecule has 3 heterocycles. The van der Waals surface area contributed by atoms with Gasteiger partial charge in [0.2, 0.25) is 5.95 Å². The molecular weight excluding hydrogens is 428 g/mol. The van der Waals surface area contributed by atoms with Gasteiger partial charge < -0.3 is 19.9 Å². The maximum atomic E-state index is 11.9. The minimum absolute atomic E-state index is 0.391. The Kier molecular flexibility index (Phi) is 6.95. The lowest BCUT2D eigenvalue weighted by Gasteiger charge is -2.36. The van der Waals surface area contributed by atoms with Gasteiger partial charge in [-0.1, -0.05) is 24.3 Å². The minimum atomic E-state index is -0.519. The molecule has 1 fully saturated rings. The van der Waals surface area contributed by atoms with Crippen molar-refractivity contribution in [2.75, 3.05) is 36.0 Å². The number of carbonyl (C=O) groups is 1. The van der Waals surface area contributed by atoms with Gasteiger partial charge in [0.05, 0.1) is 0 Å². The molecular formula is C26H32N6O2. The summed E-state index contributed by atoms with van der Waals surface area (Å²) < 4.78 is 5.30. The molecule has 0 aliphatic carbocycles. The van der Waals surface area contributed by atoms with Crippen molar-refractivity contribution in [1.29, 1.82) is 0 Å². The average molecular weight is 461 g/mol. The standard InChI is InChI=1S/C26H32N6O2/c1-19-7-6-10-27-23(19)31-11-13-32(14-12-31)24-28-17-22(18-29-24)21-9-5-8-20(15-21)16-30-25(33)34-26(2,3)4/h5-10,15,17-18H,11-14,16H2,1-4H3,(H,30,33). The van der Waals surface area contributed by atoms with Crippen molar-refractivity contribution in [2.24, 2.45) is 0 Å². The van der Waals surface area contributed by atoms with Gasteiger partial charge in [-0.15, -0.1) is 0 Å². The van der Waals surface area contributed by atoms with E-state index in [0.717, 1.165) is 54.6 Å². The number of alkyl carbamates (subject to hydrolysis) is 1. The van der Waals surface area contributed by atoms with Crippen LogP contribution >= 0.6 is 0 Å². The highest BCUT2D eigenvalue weighted by atomic mass is 16.6. The highest BCUT2D eigenvalue weighted by Crippen LogP contribution is 2.22. The summed E-state index contributed by atoms with van der Waals surface area (Å²) in [4.78, 5) is 30.2. The van der Waals surface area contributed by atoms with E-state index < -0.39 is 11.7 Å². The third kappa shape index (κ3) is 6.01. The van der Waals surface area contributed by atoms with E-state index in [1.54, 1.807) is 0 Å². The van der Waals surface area contributed by atoms with Crippen molar-refractivity contribution in [1.82, 2.24) is 20.3 Å². The molecule has 34 heavy (non-hydrogen) atoms. The molecule has 1 aromatic carbocycles. The maximum Gasteiger partial charge on any atom is 0.407 e. The maximum absolute atomic E-state index is 11.9. The van der Waals surface area contributed by atoms with Gasteiger partial charge in [0.1, 0.15) is 11.4 Å². The van der Waals surface area contributed by atoms with Gasteiger partial charge in [-0.05, 0) is 56.5 Å². The number of nitrogens with one attached hydrogen (secondary N) is 1. The van der Waals surface area contributed by atoms with Crippen LogP contribution in [0, 0.1) is 6.92 Å². The van der Waals surface area contributed by atoms with Crippen LogP contribution in [0.4, 0.5) is 16.6 Å². The van der Waals surface area contributed by atoms with E-state index >= 15 is 0 Å². The van der Waals surface area contributed by atoms with Crippen LogP contribution in [0.5, 0.6) is 0 Å². The Hall–Kier alpha value is -3.68. The fourth-order valence-electron chi connectivity index (χ4n) is 3.91. The summed E-state index contributed by atoms with van der Waals surface area (Å²) in [5.74, 6) is 1.79. The molecule has 1 aliphatic rings. The number of carbonyl (C=O) groups excluding carboxylic acids is 1. The predicted molar refractivity (Wildman–Crippen MR) is 134 cm³/mol. The number of aryl methyl sites for hydroxylation is 1. The number of rotatable bonds is 5. The predicted octanol–water partition coefficient (Wildman–Crippen LogP) is 4.20. The molecule has 0 atom stereocenters. The number of piperazine rings is 1. The molecule has 4 rings (SSSR count). The van der Waals surface area contributed by atoms with E-state index in [9.17, 15) is 4.79 Å². The molecule has 0 saturated carbocycles.